The Morgan fingerprint density at radius 2 is 2.28 bits per heavy atom. The van der Waals surface area contributed by atoms with Crippen LogP contribution in [0.15, 0.2) is 0 Å². The van der Waals surface area contributed by atoms with E-state index in [4.69, 9.17) is 4.74 Å². The molecule has 0 aromatic carbocycles. The summed E-state index contributed by atoms with van der Waals surface area (Å²) >= 11 is 0. The number of hydrogen-bond donors (Lipinski definition) is 2. The van der Waals surface area contributed by atoms with Gasteiger partial charge in [0, 0.05) is 24.7 Å². The summed E-state index contributed by atoms with van der Waals surface area (Å²) in [4.78, 5) is 0. The topological polar surface area (TPSA) is 33.3 Å². The Bertz CT molecular complexity index is 249. The van der Waals surface area contributed by atoms with Gasteiger partial charge in [-0.05, 0) is 38.0 Å². The molecule has 0 amide bonds. The van der Waals surface area contributed by atoms with Crippen LogP contribution in [0.4, 0.5) is 0 Å². The Labute approximate surface area is 112 Å². The summed E-state index contributed by atoms with van der Waals surface area (Å²) in [6, 6.07) is 1.84. The molecule has 18 heavy (non-hydrogen) atoms. The minimum Gasteiger partial charge on any atom is -0.379 e. The first kappa shape index (κ1) is 14.3. The molecule has 3 heteroatoms. The Kier molecular flexibility index (Phi) is 5.05. The van der Waals surface area contributed by atoms with Crippen molar-refractivity contribution >= 4 is 0 Å². The lowest BCUT2D eigenvalue weighted by Crippen LogP contribution is -2.48. The average Bonchev–Trinajstić information content (AvgIpc) is 2.28. The van der Waals surface area contributed by atoms with Crippen LogP contribution in [-0.2, 0) is 4.74 Å². The van der Waals surface area contributed by atoms with Crippen LogP contribution in [0.3, 0.4) is 0 Å². The largest absolute Gasteiger partial charge is 0.379 e. The van der Waals surface area contributed by atoms with Gasteiger partial charge in [0.05, 0.1) is 13.2 Å². The third-order valence-electron chi connectivity index (χ3n) is 4.36. The standard InChI is InChI=1S/C15H30N2O/c1-12(9-14-11-18-8-7-16-14)17-13-5-4-6-15(2,3)10-13/h12-14,16-17H,4-11H2,1-3H3. The van der Waals surface area contributed by atoms with E-state index >= 15 is 0 Å². The lowest BCUT2D eigenvalue weighted by atomic mass is 9.75. The van der Waals surface area contributed by atoms with Gasteiger partial charge in [-0.25, -0.2) is 0 Å². The van der Waals surface area contributed by atoms with Crippen molar-refractivity contribution in [2.24, 2.45) is 5.41 Å². The number of ether oxygens (including phenoxy) is 1. The van der Waals surface area contributed by atoms with Crippen molar-refractivity contribution in [1.82, 2.24) is 10.6 Å². The van der Waals surface area contributed by atoms with Crippen molar-refractivity contribution in [1.29, 1.82) is 0 Å². The molecule has 0 spiro atoms. The van der Waals surface area contributed by atoms with E-state index in [1.165, 1.54) is 32.1 Å². The lowest BCUT2D eigenvalue weighted by molar-refractivity contribution is 0.0697. The van der Waals surface area contributed by atoms with Gasteiger partial charge < -0.3 is 15.4 Å². The van der Waals surface area contributed by atoms with Crippen LogP contribution in [0.5, 0.6) is 0 Å². The maximum Gasteiger partial charge on any atom is 0.0620 e. The van der Waals surface area contributed by atoms with Gasteiger partial charge in [-0.3, -0.25) is 0 Å². The number of nitrogens with one attached hydrogen (secondary N) is 2. The second kappa shape index (κ2) is 6.36. The molecule has 1 aliphatic carbocycles. The molecule has 1 saturated carbocycles. The van der Waals surface area contributed by atoms with Crippen molar-refractivity contribution in [3.8, 4) is 0 Å². The minimum absolute atomic E-state index is 0.530. The molecule has 1 saturated heterocycles. The summed E-state index contributed by atoms with van der Waals surface area (Å²) in [5.74, 6) is 0. The number of morpholine rings is 1. The fourth-order valence-electron chi connectivity index (χ4n) is 3.51. The maximum atomic E-state index is 5.52. The Morgan fingerprint density at radius 3 is 2.94 bits per heavy atom. The molecule has 3 atom stereocenters. The summed E-state index contributed by atoms with van der Waals surface area (Å²) in [5, 5.41) is 7.36. The van der Waals surface area contributed by atoms with Gasteiger partial charge >= 0.3 is 0 Å². The predicted octanol–water partition coefficient (Wildman–Crippen LogP) is 2.31. The highest BCUT2D eigenvalue weighted by Gasteiger charge is 2.28. The van der Waals surface area contributed by atoms with Crippen LogP contribution in [0.25, 0.3) is 0 Å². The van der Waals surface area contributed by atoms with Gasteiger partial charge in [-0.1, -0.05) is 20.3 Å². The molecule has 0 radical (unpaired) electrons. The van der Waals surface area contributed by atoms with Gasteiger partial charge in [0.15, 0.2) is 0 Å². The van der Waals surface area contributed by atoms with Crippen molar-refractivity contribution in [3.05, 3.63) is 0 Å². The first-order valence-corrected chi connectivity index (χ1v) is 7.62. The van der Waals surface area contributed by atoms with Crippen LogP contribution in [-0.4, -0.2) is 37.9 Å². The Hall–Kier alpha value is -0.120. The molecule has 2 aliphatic rings. The second-order valence-electron chi connectivity index (χ2n) is 6.99. The minimum atomic E-state index is 0.530. The van der Waals surface area contributed by atoms with Gasteiger partial charge in [-0.15, -0.1) is 0 Å². The molecule has 2 N–H and O–H groups in total. The third kappa shape index (κ3) is 4.52. The molecule has 3 nitrogen and oxygen atoms in total. The van der Waals surface area contributed by atoms with E-state index in [1.54, 1.807) is 0 Å². The summed E-state index contributed by atoms with van der Waals surface area (Å²) in [5.41, 5.74) is 0.530. The van der Waals surface area contributed by atoms with Crippen molar-refractivity contribution in [2.45, 2.75) is 71.0 Å². The number of hydrogen-bond acceptors (Lipinski definition) is 3. The van der Waals surface area contributed by atoms with E-state index in [-0.39, 0.29) is 0 Å². The average molecular weight is 254 g/mol. The predicted molar refractivity (Wildman–Crippen MR) is 75.9 cm³/mol. The molecule has 0 aromatic heterocycles. The SMILES string of the molecule is CC(CC1COCCN1)NC1CCCC(C)(C)C1. The van der Waals surface area contributed by atoms with Gasteiger partial charge in [-0.2, -0.15) is 0 Å². The molecule has 0 aromatic rings. The zero-order chi connectivity index (χ0) is 13.0. The molecule has 1 heterocycles. The van der Waals surface area contributed by atoms with Crippen LogP contribution >= 0.6 is 0 Å². The van der Waals surface area contributed by atoms with Crippen molar-refractivity contribution in [2.75, 3.05) is 19.8 Å². The smallest absolute Gasteiger partial charge is 0.0620 e. The first-order valence-electron chi connectivity index (χ1n) is 7.62. The maximum absolute atomic E-state index is 5.52. The molecule has 1 aliphatic heterocycles. The van der Waals surface area contributed by atoms with E-state index < -0.39 is 0 Å². The molecular weight excluding hydrogens is 224 g/mol. The molecule has 2 rings (SSSR count). The highest BCUT2D eigenvalue weighted by Crippen LogP contribution is 2.35. The van der Waals surface area contributed by atoms with E-state index in [0.29, 0.717) is 23.5 Å². The third-order valence-corrected chi connectivity index (χ3v) is 4.36. The molecule has 0 bridgehead atoms. The quantitative estimate of drug-likeness (QED) is 0.808. The summed E-state index contributed by atoms with van der Waals surface area (Å²) < 4.78 is 5.52. The van der Waals surface area contributed by atoms with Crippen LogP contribution in [0.1, 0.15) is 52.9 Å². The summed E-state index contributed by atoms with van der Waals surface area (Å²) in [6.07, 6.45) is 6.62. The Balaban J connectivity index is 1.71. The Morgan fingerprint density at radius 1 is 1.44 bits per heavy atom. The second-order valence-corrected chi connectivity index (χ2v) is 6.99. The van der Waals surface area contributed by atoms with Crippen molar-refractivity contribution < 1.29 is 4.74 Å². The fourth-order valence-corrected chi connectivity index (χ4v) is 3.51. The van der Waals surface area contributed by atoms with E-state index in [9.17, 15) is 0 Å². The highest BCUT2D eigenvalue weighted by molar-refractivity contribution is 4.86. The summed E-state index contributed by atoms with van der Waals surface area (Å²) in [6.45, 7) is 9.88. The monoisotopic (exact) mass is 254 g/mol. The first-order chi connectivity index (χ1) is 8.55. The fraction of sp³-hybridized carbons (Fsp3) is 1.00. The van der Waals surface area contributed by atoms with Crippen molar-refractivity contribution in [3.63, 3.8) is 0 Å². The lowest BCUT2D eigenvalue weighted by Gasteiger charge is -2.37. The normalized spacial score (nSPS) is 34.2. The molecular formula is C15H30N2O. The zero-order valence-corrected chi connectivity index (χ0v) is 12.3. The van der Waals surface area contributed by atoms with E-state index in [1.807, 2.05) is 0 Å². The zero-order valence-electron chi connectivity index (χ0n) is 12.3. The molecule has 106 valence electrons. The van der Waals surface area contributed by atoms with E-state index in [0.717, 1.165) is 19.8 Å². The van der Waals surface area contributed by atoms with Gasteiger partial charge in [0.1, 0.15) is 0 Å². The van der Waals surface area contributed by atoms with Gasteiger partial charge in [0.25, 0.3) is 0 Å². The molecule has 3 unspecified atom stereocenters. The number of rotatable bonds is 4. The highest BCUT2D eigenvalue weighted by atomic mass is 16.5. The van der Waals surface area contributed by atoms with Gasteiger partial charge in [0.2, 0.25) is 0 Å². The summed E-state index contributed by atoms with van der Waals surface area (Å²) in [7, 11) is 0. The van der Waals surface area contributed by atoms with Crippen LogP contribution < -0.4 is 10.6 Å². The van der Waals surface area contributed by atoms with Crippen LogP contribution in [0.2, 0.25) is 0 Å². The van der Waals surface area contributed by atoms with E-state index in [2.05, 4.69) is 31.4 Å². The van der Waals surface area contributed by atoms with Crippen LogP contribution in [0, 0.1) is 5.41 Å². The molecule has 2 fully saturated rings.